The van der Waals surface area contributed by atoms with Gasteiger partial charge in [0.15, 0.2) is 0 Å². The molecular weight excluding hydrogens is 226 g/mol. The molecule has 2 fully saturated rings. The van der Waals surface area contributed by atoms with Crippen LogP contribution in [-0.4, -0.2) is 35.9 Å². The molecule has 2 saturated heterocycles. The number of likely N-dealkylation sites (tertiary alicyclic amines) is 1. The number of hydrogen-bond donors (Lipinski definition) is 0. The van der Waals surface area contributed by atoms with Gasteiger partial charge in [-0.25, -0.2) is 4.98 Å². The van der Waals surface area contributed by atoms with E-state index in [-0.39, 0.29) is 6.04 Å². The van der Waals surface area contributed by atoms with Crippen LogP contribution >= 0.6 is 0 Å². The van der Waals surface area contributed by atoms with Crippen LogP contribution in [0.3, 0.4) is 0 Å². The Labute approximate surface area is 108 Å². The van der Waals surface area contributed by atoms with Gasteiger partial charge >= 0.3 is 0 Å². The highest BCUT2D eigenvalue weighted by Gasteiger charge is 2.25. The molecule has 0 aromatic carbocycles. The lowest BCUT2D eigenvalue weighted by molar-refractivity contribution is -0.118. The van der Waals surface area contributed by atoms with Crippen molar-refractivity contribution >= 4 is 12.2 Å². The third-order valence-electron chi connectivity index (χ3n) is 4.02. The van der Waals surface area contributed by atoms with Crippen molar-refractivity contribution in [2.45, 2.75) is 31.7 Å². The van der Waals surface area contributed by atoms with Crippen LogP contribution in [0.2, 0.25) is 0 Å². The van der Waals surface area contributed by atoms with E-state index in [2.05, 4.69) is 22.0 Å². The van der Waals surface area contributed by atoms with Crippen LogP contribution in [-0.2, 0) is 4.79 Å². The second kappa shape index (κ2) is 4.96. The zero-order valence-corrected chi connectivity index (χ0v) is 10.6. The summed E-state index contributed by atoms with van der Waals surface area (Å²) in [5.41, 5.74) is 1.17. The van der Waals surface area contributed by atoms with E-state index < -0.39 is 0 Å². The third kappa shape index (κ3) is 2.07. The largest absolute Gasteiger partial charge is 0.357 e. The fourth-order valence-corrected chi connectivity index (χ4v) is 3.00. The Morgan fingerprint density at radius 1 is 1.17 bits per heavy atom. The van der Waals surface area contributed by atoms with Crippen LogP contribution in [0.1, 0.15) is 37.3 Å². The number of hydrogen-bond acceptors (Lipinski definition) is 3. The highest BCUT2D eigenvalue weighted by molar-refractivity contribution is 5.50. The van der Waals surface area contributed by atoms with Gasteiger partial charge in [0.2, 0.25) is 6.41 Å². The number of amides is 1. The molecule has 0 unspecified atom stereocenters. The molecule has 4 heteroatoms. The molecule has 4 nitrogen and oxygen atoms in total. The van der Waals surface area contributed by atoms with Gasteiger partial charge in [0.05, 0.1) is 6.04 Å². The first kappa shape index (κ1) is 11.5. The van der Waals surface area contributed by atoms with Gasteiger partial charge in [-0.1, -0.05) is 6.07 Å². The Morgan fingerprint density at radius 2 is 2.00 bits per heavy atom. The number of aromatic nitrogens is 1. The fraction of sp³-hybridized carbons (Fsp3) is 0.571. The van der Waals surface area contributed by atoms with E-state index in [1.54, 1.807) is 0 Å². The van der Waals surface area contributed by atoms with Crippen LogP contribution in [0.25, 0.3) is 0 Å². The molecular formula is C14H19N3O. The standard InChI is InChI=1S/C14H19N3O/c18-11-17-9-3-4-13(17)12-5-6-14(15-10-12)16-7-1-2-8-16/h5-6,10-11,13H,1-4,7-9H2/t13-/m1/s1. The molecule has 0 bridgehead atoms. The van der Waals surface area contributed by atoms with E-state index >= 15 is 0 Å². The lowest BCUT2D eigenvalue weighted by Crippen LogP contribution is -2.22. The second-order valence-corrected chi connectivity index (χ2v) is 5.15. The van der Waals surface area contributed by atoms with Crippen LogP contribution in [0.5, 0.6) is 0 Å². The maximum atomic E-state index is 11.0. The first-order chi connectivity index (χ1) is 8.88. The second-order valence-electron chi connectivity index (χ2n) is 5.15. The van der Waals surface area contributed by atoms with E-state index in [0.717, 1.165) is 44.7 Å². The van der Waals surface area contributed by atoms with Crippen molar-refractivity contribution in [2.75, 3.05) is 24.5 Å². The zero-order valence-electron chi connectivity index (χ0n) is 10.6. The van der Waals surface area contributed by atoms with E-state index in [1.807, 2.05) is 11.1 Å². The molecule has 1 aromatic rings. The zero-order chi connectivity index (χ0) is 12.4. The van der Waals surface area contributed by atoms with Gasteiger partial charge in [-0.15, -0.1) is 0 Å². The first-order valence-corrected chi connectivity index (χ1v) is 6.80. The highest BCUT2D eigenvalue weighted by Crippen LogP contribution is 2.31. The van der Waals surface area contributed by atoms with Gasteiger partial charge < -0.3 is 9.80 Å². The molecule has 0 N–H and O–H groups in total. The summed E-state index contributed by atoms with van der Waals surface area (Å²) in [5, 5.41) is 0. The number of carbonyl (C=O) groups excluding carboxylic acids is 1. The van der Waals surface area contributed by atoms with Gasteiger partial charge in [0, 0.05) is 25.8 Å². The Kier molecular flexibility index (Phi) is 3.17. The molecule has 1 amide bonds. The van der Waals surface area contributed by atoms with Crippen LogP contribution < -0.4 is 4.90 Å². The fourth-order valence-electron chi connectivity index (χ4n) is 3.00. The maximum absolute atomic E-state index is 11.0. The average Bonchev–Trinajstić information content (AvgIpc) is 3.10. The Balaban J connectivity index is 1.75. The predicted molar refractivity (Wildman–Crippen MR) is 70.4 cm³/mol. The van der Waals surface area contributed by atoms with Crippen molar-refractivity contribution < 1.29 is 4.79 Å². The minimum absolute atomic E-state index is 0.239. The lowest BCUT2D eigenvalue weighted by atomic mass is 10.1. The Bertz CT molecular complexity index is 412. The number of pyridine rings is 1. The van der Waals surface area contributed by atoms with Crippen molar-refractivity contribution in [3.63, 3.8) is 0 Å². The summed E-state index contributed by atoms with van der Waals surface area (Å²) in [6.45, 7) is 3.12. The van der Waals surface area contributed by atoms with Gasteiger partial charge in [0.25, 0.3) is 0 Å². The van der Waals surface area contributed by atoms with Crippen molar-refractivity contribution in [2.24, 2.45) is 0 Å². The summed E-state index contributed by atoms with van der Waals surface area (Å²) in [6, 6.07) is 4.47. The van der Waals surface area contributed by atoms with E-state index in [9.17, 15) is 4.79 Å². The molecule has 1 atom stereocenters. The Morgan fingerprint density at radius 3 is 2.67 bits per heavy atom. The SMILES string of the molecule is O=CN1CCC[C@@H]1c1ccc(N2CCCC2)nc1. The van der Waals surface area contributed by atoms with E-state index in [0.29, 0.717) is 0 Å². The average molecular weight is 245 g/mol. The summed E-state index contributed by atoms with van der Waals surface area (Å²) in [5.74, 6) is 1.08. The van der Waals surface area contributed by atoms with Gasteiger partial charge in [-0.3, -0.25) is 4.79 Å². The van der Waals surface area contributed by atoms with Gasteiger partial charge in [-0.2, -0.15) is 0 Å². The monoisotopic (exact) mass is 245 g/mol. The van der Waals surface area contributed by atoms with Crippen LogP contribution in [0.4, 0.5) is 5.82 Å². The van der Waals surface area contributed by atoms with E-state index in [1.165, 1.54) is 18.4 Å². The van der Waals surface area contributed by atoms with Crippen LogP contribution in [0, 0.1) is 0 Å². The van der Waals surface area contributed by atoms with Gasteiger partial charge in [0.1, 0.15) is 5.82 Å². The predicted octanol–water partition coefficient (Wildman–Crippen LogP) is 1.98. The molecule has 1 aromatic heterocycles. The number of carbonyl (C=O) groups is 1. The van der Waals surface area contributed by atoms with Crippen LogP contribution in [0.15, 0.2) is 18.3 Å². The van der Waals surface area contributed by atoms with Gasteiger partial charge in [-0.05, 0) is 37.3 Å². The molecule has 18 heavy (non-hydrogen) atoms. The molecule has 0 spiro atoms. The molecule has 3 heterocycles. The van der Waals surface area contributed by atoms with Crippen molar-refractivity contribution in [3.8, 4) is 0 Å². The minimum atomic E-state index is 0.239. The van der Waals surface area contributed by atoms with Crippen molar-refractivity contribution in [1.29, 1.82) is 0 Å². The summed E-state index contributed by atoms with van der Waals surface area (Å²) in [4.78, 5) is 19.7. The molecule has 3 rings (SSSR count). The maximum Gasteiger partial charge on any atom is 0.210 e. The highest BCUT2D eigenvalue weighted by atomic mass is 16.1. The molecule has 2 aliphatic heterocycles. The normalized spacial score (nSPS) is 23.7. The number of nitrogens with zero attached hydrogens (tertiary/aromatic N) is 3. The number of rotatable bonds is 3. The Hall–Kier alpha value is -1.58. The minimum Gasteiger partial charge on any atom is -0.357 e. The van der Waals surface area contributed by atoms with Crippen molar-refractivity contribution in [1.82, 2.24) is 9.88 Å². The smallest absolute Gasteiger partial charge is 0.210 e. The third-order valence-corrected chi connectivity index (χ3v) is 4.02. The summed E-state index contributed by atoms with van der Waals surface area (Å²) in [6.07, 6.45) is 7.60. The molecule has 0 aliphatic carbocycles. The summed E-state index contributed by atoms with van der Waals surface area (Å²) >= 11 is 0. The van der Waals surface area contributed by atoms with E-state index in [4.69, 9.17) is 0 Å². The first-order valence-electron chi connectivity index (χ1n) is 6.80. The van der Waals surface area contributed by atoms with Crippen molar-refractivity contribution in [3.05, 3.63) is 23.9 Å². The molecule has 0 saturated carbocycles. The lowest BCUT2D eigenvalue weighted by Gasteiger charge is -2.21. The quantitative estimate of drug-likeness (QED) is 0.764. The summed E-state index contributed by atoms with van der Waals surface area (Å²) < 4.78 is 0. The molecule has 0 radical (unpaired) electrons. The molecule has 96 valence electrons. The topological polar surface area (TPSA) is 36.4 Å². The molecule has 2 aliphatic rings. The summed E-state index contributed by atoms with van der Waals surface area (Å²) in [7, 11) is 0. The number of anilines is 1.